The number of aromatic nitrogens is 2. The number of thiazole rings is 1. The van der Waals surface area contributed by atoms with Gasteiger partial charge in [0, 0.05) is 11.9 Å². The molecule has 0 unspecified atom stereocenters. The zero-order valence-corrected chi connectivity index (χ0v) is 10.8. The van der Waals surface area contributed by atoms with Gasteiger partial charge in [0.15, 0.2) is 4.96 Å². The first-order chi connectivity index (χ1) is 8.83. The highest BCUT2D eigenvalue weighted by atomic mass is 32.1. The molecule has 0 fully saturated rings. The van der Waals surface area contributed by atoms with Gasteiger partial charge in [-0.25, -0.2) is 4.98 Å². The lowest BCUT2D eigenvalue weighted by molar-refractivity contribution is 0.415. The van der Waals surface area contributed by atoms with Crippen molar-refractivity contribution in [3.8, 4) is 17.0 Å². The van der Waals surface area contributed by atoms with Gasteiger partial charge in [0.25, 0.3) is 0 Å². The van der Waals surface area contributed by atoms with Gasteiger partial charge in [-0.1, -0.05) is 0 Å². The summed E-state index contributed by atoms with van der Waals surface area (Å²) >= 11 is 1.62. The van der Waals surface area contributed by atoms with Crippen LogP contribution in [-0.2, 0) is 6.54 Å². The summed E-state index contributed by atoms with van der Waals surface area (Å²) in [4.78, 5) is 5.32. The molecule has 0 aliphatic heterocycles. The van der Waals surface area contributed by atoms with E-state index < -0.39 is 0 Å². The van der Waals surface area contributed by atoms with Crippen molar-refractivity contribution >= 4 is 16.3 Å². The highest BCUT2D eigenvalue weighted by Gasteiger charge is 2.10. The van der Waals surface area contributed by atoms with Gasteiger partial charge in [-0.2, -0.15) is 0 Å². The van der Waals surface area contributed by atoms with Crippen LogP contribution in [0.5, 0.6) is 5.75 Å². The molecule has 2 aromatic heterocycles. The molecule has 0 radical (unpaired) electrons. The van der Waals surface area contributed by atoms with Crippen LogP contribution in [-0.4, -0.2) is 16.5 Å². The quantitative estimate of drug-likeness (QED) is 0.786. The molecule has 0 aliphatic rings. The van der Waals surface area contributed by atoms with Gasteiger partial charge in [-0.15, -0.1) is 11.3 Å². The molecule has 2 heterocycles. The van der Waals surface area contributed by atoms with Crippen LogP contribution in [0.1, 0.15) is 5.69 Å². The van der Waals surface area contributed by atoms with Crippen molar-refractivity contribution in [2.75, 3.05) is 7.11 Å². The average molecular weight is 259 g/mol. The number of methoxy groups -OCH3 is 1. The Hall–Kier alpha value is -1.85. The molecule has 3 aromatic rings. The van der Waals surface area contributed by atoms with Crippen LogP contribution < -0.4 is 10.5 Å². The normalized spacial score (nSPS) is 11.0. The standard InChI is InChI=1S/C13H13N3OS/c1-17-11-4-2-9(3-5-11)12-8-18-13-15-7-10(6-14)16(12)13/h2-5,7-8H,6,14H2,1H3. The first kappa shape index (κ1) is 11.3. The Morgan fingerprint density at radius 3 is 2.78 bits per heavy atom. The number of nitrogens with two attached hydrogens (primary N) is 1. The summed E-state index contributed by atoms with van der Waals surface area (Å²) in [7, 11) is 1.67. The Kier molecular flexibility index (Phi) is 2.77. The Morgan fingerprint density at radius 2 is 2.11 bits per heavy atom. The summed E-state index contributed by atoms with van der Waals surface area (Å²) in [5, 5.41) is 2.10. The summed E-state index contributed by atoms with van der Waals surface area (Å²) in [6, 6.07) is 8.00. The predicted octanol–water partition coefficient (Wildman–Crippen LogP) is 2.53. The van der Waals surface area contributed by atoms with Gasteiger partial charge in [0.1, 0.15) is 5.75 Å². The average Bonchev–Trinajstić information content (AvgIpc) is 3.00. The number of rotatable bonds is 3. The SMILES string of the molecule is COc1ccc(-c2csc3ncc(CN)n23)cc1. The van der Waals surface area contributed by atoms with Crippen LogP contribution in [0, 0.1) is 0 Å². The first-order valence-corrected chi connectivity index (χ1v) is 6.49. The molecule has 92 valence electrons. The summed E-state index contributed by atoms with van der Waals surface area (Å²) in [5.41, 5.74) is 9.02. The monoisotopic (exact) mass is 259 g/mol. The fourth-order valence-electron chi connectivity index (χ4n) is 1.97. The van der Waals surface area contributed by atoms with Gasteiger partial charge in [-0.3, -0.25) is 4.40 Å². The second-order valence-electron chi connectivity index (χ2n) is 3.92. The molecule has 18 heavy (non-hydrogen) atoms. The highest BCUT2D eigenvalue weighted by molar-refractivity contribution is 7.15. The Bertz CT molecular complexity index is 669. The van der Waals surface area contributed by atoms with Crippen molar-refractivity contribution in [1.82, 2.24) is 9.38 Å². The molecule has 0 amide bonds. The number of nitrogens with zero attached hydrogens (tertiary/aromatic N) is 2. The van der Waals surface area contributed by atoms with E-state index in [9.17, 15) is 0 Å². The van der Waals surface area contributed by atoms with Crippen LogP contribution in [0.2, 0.25) is 0 Å². The highest BCUT2D eigenvalue weighted by Crippen LogP contribution is 2.28. The largest absolute Gasteiger partial charge is 0.497 e. The lowest BCUT2D eigenvalue weighted by atomic mass is 10.1. The Labute approximate surface area is 109 Å². The number of ether oxygens (including phenoxy) is 1. The van der Waals surface area contributed by atoms with Gasteiger partial charge in [0.05, 0.1) is 24.7 Å². The zero-order chi connectivity index (χ0) is 12.5. The molecule has 0 saturated heterocycles. The minimum atomic E-state index is 0.487. The smallest absolute Gasteiger partial charge is 0.194 e. The van der Waals surface area contributed by atoms with Crippen molar-refractivity contribution < 1.29 is 4.74 Å². The number of hydrogen-bond donors (Lipinski definition) is 1. The summed E-state index contributed by atoms with van der Waals surface area (Å²) in [5.74, 6) is 0.856. The minimum absolute atomic E-state index is 0.487. The van der Waals surface area contributed by atoms with E-state index >= 15 is 0 Å². The number of hydrogen-bond acceptors (Lipinski definition) is 4. The molecule has 0 atom stereocenters. The summed E-state index contributed by atoms with van der Waals surface area (Å²) in [6.45, 7) is 0.487. The molecule has 0 aliphatic carbocycles. The third-order valence-corrected chi connectivity index (χ3v) is 3.75. The fourth-order valence-corrected chi connectivity index (χ4v) is 2.87. The topological polar surface area (TPSA) is 52.5 Å². The molecule has 2 N–H and O–H groups in total. The molecular weight excluding hydrogens is 246 g/mol. The van der Waals surface area contributed by atoms with Crippen LogP contribution in [0.15, 0.2) is 35.8 Å². The summed E-state index contributed by atoms with van der Waals surface area (Å²) < 4.78 is 7.27. The van der Waals surface area contributed by atoms with Gasteiger partial charge < -0.3 is 10.5 Å². The van der Waals surface area contributed by atoms with E-state index in [-0.39, 0.29) is 0 Å². The molecule has 0 bridgehead atoms. The van der Waals surface area contributed by atoms with Crippen molar-refractivity contribution in [3.63, 3.8) is 0 Å². The van der Waals surface area contributed by atoms with Gasteiger partial charge in [0.2, 0.25) is 0 Å². The van der Waals surface area contributed by atoms with Crippen molar-refractivity contribution in [1.29, 1.82) is 0 Å². The molecule has 0 spiro atoms. The number of benzene rings is 1. The van der Waals surface area contributed by atoms with E-state index in [0.29, 0.717) is 6.54 Å². The molecule has 5 heteroatoms. The van der Waals surface area contributed by atoms with E-state index in [0.717, 1.165) is 27.7 Å². The van der Waals surface area contributed by atoms with Crippen molar-refractivity contribution in [2.45, 2.75) is 6.54 Å². The molecular formula is C13H13N3OS. The van der Waals surface area contributed by atoms with Crippen LogP contribution in [0.4, 0.5) is 0 Å². The molecule has 0 saturated carbocycles. The fraction of sp³-hybridized carbons (Fsp3) is 0.154. The second kappa shape index (κ2) is 4.44. The van der Waals surface area contributed by atoms with Crippen LogP contribution >= 0.6 is 11.3 Å². The van der Waals surface area contributed by atoms with Crippen molar-refractivity contribution in [3.05, 3.63) is 41.5 Å². The minimum Gasteiger partial charge on any atom is -0.497 e. The van der Waals surface area contributed by atoms with Crippen LogP contribution in [0.3, 0.4) is 0 Å². The maximum absolute atomic E-state index is 5.74. The predicted molar refractivity (Wildman–Crippen MR) is 72.9 cm³/mol. The molecule has 1 aromatic carbocycles. The van der Waals surface area contributed by atoms with E-state index in [1.54, 1.807) is 18.4 Å². The zero-order valence-electron chi connectivity index (χ0n) is 9.96. The van der Waals surface area contributed by atoms with E-state index in [1.807, 2.05) is 30.5 Å². The molecule has 4 nitrogen and oxygen atoms in total. The van der Waals surface area contributed by atoms with Gasteiger partial charge in [-0.05, 0) is 29.8 Å². The lowest BCUT2D eigenvalue weighted by Gasteiger charge is -2.04. The van der Waals surface area contributed by atoms with E-state index in [4.69, 9.17) is 10.5 Å². The van der Waals surface area contributed by atoms with E-state index in [1.165, 1.54) is 0 Å². The maximum Gasteiger partial charge on any atom is 0.194 e. The third kappa shape index (κ3) is 1.68. The Morgan fingerprint density at radius 1 is 1.33 bits per heavy atom. The second-order valence-corrected chi connectivity index (χ2v) is 4.76. The summed E-state index contributed by atoms with van der Waals surface area (Å²) in [6.07, 6.45) is 1.83. The maximum atomic E-state index is 5.74. The number of imidazole rings is 1. The van der Waals surface area contributed by atoms with Crippen molar-refractivity contribution in [2.24, 2.45) is 5.73 Å². The first-order valence-electron chi connectivity index (χ1n) is 5.62. The lowest BCUT2D eigenvalue weighted by Crippen LogP contribution is -2.00. The molecule has 3 rings (SSSR count). The Balaban J connectivity index is 2.14. The number of fused-ring (bicyclic) bond motifs is 1. The van der Waals surface area contributed by atoms with E-state index in [2.05, 4.69) is 14.8 Å². The van der Waals surface area contributed by atoms with Crippen LogP contribution in [0.25, 0.3) is 16.2 Å². The third-order valence-electron chi connectivity index (χ3n) is 2.91. The van der Waals surface area contributed by atoms with Gasteiger partial charge >= 0.3 is 0 Å².